The highest BCUT2D eigenvalue weighted by Crippen LogP contribution is 2.22. The molecular formula is C44H80O10. The zero-order chi connectivity index (χ0) is 39.5. The van der Waals surface area contributed by atoms with Crippen LogP contribution >= 0.6 is 0 Å². The number of hydrogen-bond donors (Lipinski definition) is 4. The van der Waals surface area contributed by atoms with Crippen molar-refractivity contribution >= 4 is 11.9 Å². The van der Waals surface area contributed by atoms with Gasteiger partial charge in [-0.3, -0.25) is 9.59 Å². The highest BCUT2D eigenvalue weighted by molar-refractivity contribution is 5.70. The minimum atomic E-state index is -1.59. The summed E-state index contributed by atoms with van der Waals surface area (Å²) in [5.74, 6) is -0.811. The average molecular weight is 769 g/mol. The van der Waals surface area contributed by atoms with Crippen LogP contribution in [0.25, 0.3) is 0 Å². The first-order valence-electron chi connectivity index (χ1n) is 21.9. The Morgan fingerprint density at radius 2 is 1.04 bits per heavy atom. The summed E-state index contributed by atoms with van der Waals surface area (Å²) in [5, 5.41) is 40.0. The highest BCUT2D eigenvalue weighted by Gasteiger charge is 2.44. The van der Waals surface area contributed by atoms with Gasteiger partial charge in [0, 0.05) is 12.8 Å². The summed E-state index contributed by atoms with van der Waals surface area (Å²) >= 11 is 0. The van der Waals surface area contributed by atoms with Crippen molar-refractivity contribution in [2.45, 2.75) is 224 Å². The summed E-state index contributed by atoms with van der Waals surface area (Å²) in [6.07, 6.45) is 30.4. The number of ether oxygens (including phenoxy) is 4. The number of hydrogen-bond acceptors (Lipinski definition) is 10. The van der Waals surface area contributed by atoms with Crippen molar-refractivity contribution < 1.29 is 49.0 Å². The molecule has 0 aromatic heterocycles. The predicted octanol–water partition coefficient (Wildman–Crippen LogP) is 8.94. The molecule has 0 saturated carbocycles. The summed E-state index contributed by atoms with van der Waals surface area (Å²) in [7, 11) is 0. The summed E-state index contributed by atoms with van der Waals surface area (Å²) in [6.45, 7) is 3.39. The van der Waals surface area contributed by atoms with Crippen LogP contribution in [0.5, 0.6) is 0 Å². The van der Waals surface area contributed by atoms with Crippen molar-refractivity contribution in [3.63, 3.8) is 0 Å². The molecule has 316 valence electrons. The molecule has 0 bridgehead atoms. The highest BCUT2D eigenvalue weighted by atomic mass is 16.7. The summed E-state index contributed by atoms with van der Waals surface area (Å²) in [5.41, 5.74) is 0. The Morgan fingerprint density at radius 3 is 1.57 bits per heavy atom. The first-order valence-corrected chi connectivity index (χ1v) is 21.9. The van der Waals surface area contributed by atoms with Crippen molar-refractivity contribution in [1.29, 1.82) is 0 Å². The SMILES string of the molecule is CCCCC/C=C/C/C=C/CCCCCCCCCC(=O)OC[C@@H](CO[C@H]1O[C@@H](CO)[C@@H](O)C(O)C1O)OC(=O)CCCCCCCCCCCCCC. The minimum absolute atomic E-state index is 0.218. The molecule has 10 nitrogen and oxygen atoms in total. The molecule has 1 rings (SSSR count). The molecule has 1 saturated heterocycles. The number of rotatable bonds is 36. The van der Waals surface area contributed by atoms with E-state index in [1.807, 2.05) is 0 Å². The van der Waals surface area contributed by atoms with Crippen LogP contribution in [-0.4, -0.2) is 89.0 Å². The lowest BCUT2D eigenvalue weighted by atomic mass is 9.99. The molecule has 10 heteroatoms. The lowest BCUT2D eigenvalue weighted by Crippen LogP contribution is -2.59. The quantitative estimate of drug-likeness (QED) is 0.0276. The topological polar surface area (TPSA) is 152 Å². The Bertz CT molecular complexity index is 938. The van der Waals surface area contributed by atoms with Gasteiger partial charge in [-0.25, -0.2) is 0 Å². The number of aliphatic hydroxyl groups excluding tert-OH is 4. The smallest absolute Gasteiger partial charge is 0.306 e. The van der Waals surface area contributed by atoms with Gasteiger partial charge < -0.3 is 39.4 Å². The van der Waals surface area contributed by atoms with Crippen LogP contribution < -0.4 is 0 Å². The normalized spacial score (nSPS) is 20.9. The van der Waals surface area contributed by atoms with Gasteiger partial charge in [-0.15, -0.1) is 0 Å². The maximum absolute atomic E-state index is 12.7. The van der Waals surface area contributed by atoms with E-state index < -0.39 is 49.4 Å². The van der Waals surface area contributed by atoms with Gasteiger partial charge in [0.25, 0.3) is 0 Å². The van der Waals surface area contributed by atoms with Gasteiger partial charge in [-0.1, -0.05) is 154 Å². The second kappa shape index (κ2) is 35.6. The van der Waals surface area contributed by atoms with E-state index in [1.165, 1.54) is 96.3 Å². The lowest BCUT2D eigenvalue weighted by molar-refractivity contribution is -0.305. The fraction of sp³-hybridized carbons (Fsp3) is 0.864. The molecule has 1 aliphatic rings. The van der Waals surface area contributed by atoms with E-state index in [-0.39, 0.29) is 32.0 Å². The van der Waals surface area contributed by atoms with E-state index >= 15 is 0 Å². The number of aliphatic hydroxyl groups is 4. The number of esters is 2. The van der Waals surface area contributed by atoms with Crippen molar-refractivity contribution in [3.05, 3.63) is 24.3 Å². The first kappa shape index (κ1) is 50.2. The van der Waals surface area contributed by atoms with Gasteiger partial charge in [0.1, 0.15) is 31.0 Å². The Kier molecular flexibility index (Phi) is 33.1. The van der Waals surface area contributed by atoms with Gasteiger partial charge in [0.15, 0.2) is 12.4 Å². The van der Waals surface area contributed by atoms with Crippen LogP contribution in [0.1, 0.15) is 187 Å². The standard InChI is InChI=1S/C44H80O10/c1-3-5-7-9-11-13-15-17-18-19-20-21-23-24-26-28-30-32-39(46)51-35-37(36-52-44-43(50)42(49)41(48)38(34-45)54-44)53-40(47)33-31-29-27-25-22-16-14-12-10-8-6-4-2/h11,13,17-18,37-38,41-45,48-50H,3-10,12,14-16,19-36H2,1-2H3/b13-11+,18-17+/t37-,38-,41+,42?,43?,44-/m0/s1. The van der Waals surface area contributed by atoms with E-state index in [0.29, 0.717) is 6.42 Å². The molecule has 0 aliphatic carbocycles. The third kappa shape index (κ3) is 26.9. The van der Waals surface area contributed by atoms with Crippen LogP contribution in [0.15, 0.2) is 24.3 Å². The first-order chi connectivity index (χ1) is 26.3. The number of unbranched alkanes of at least 4 members (excludes halogenated alkanes) is 21. The van der Waals surface area contributed by atoms with Gasteiger partial charge in [0.2, 0.25) is 0 Å². The molecule has 0 aromatic rings. The van der Waals surface area contributed by atoms with E-state index in [2.05, 4.69) is 38.2 Å². The fourth-order valence-corrected chi connectivity index (χ4v) is 6.57. The van der Waals surface area contributed by atoms with Gasteiger partial charge in [-0.05, 0) is 44.9 Å². The largest absolute Gasteiger partial charge is 0.462 e. The Hall–Kier alpha value is -1.82. The molecule has 1 heterocycles. The van der Waals surface area contributed by atoms with Crippen molar-refractivity contribution in [1.82, 2.24) is 0 Å². The Morgan fingerprint density at radius 1 is 0.574 bits per heavy atom. The lowest BCUT2D eigenvalue weighted by Gasteiger charge is -2.39. The average Bonchev–Trinajstić information content (AvgIpc) is 3.17. The van der Waals surface area contributed by atoms with Crippen molar-refractivity contribution in [2.24, 2.45) is 0 Å². The molecule has 4 N–H and O–H groups in total. The van der Waals surface area contributed by atoms with Gasteiger partial charge in [0.05, 0.1) is 13.2 Å². The fourth-order valence-electron chi connectivity index (χ4n) is 6.57. The van der Waals surface area contributed by atoms with Crippen LogP contribution in [0.3, 0.4) is 0 Å². The van der Waals surface area contributed by atoms with E-state index in [4.69, 9.17) is 18.9 Å². The Balaban J connectivity index is 2.33. The molecule has 0 spiro atoms. The molecule has 0 amide bonds. The second-order valence-electron chi connectivity index (χ2n) is 15.2. The minimum Gasteiger partial charge on any atom is -0.462 e. The third-order valence-electron chi connectivity index (χ3n) is 10.1. The van der Waals surface area contributed by atoms with E-state index in [0.717, 1.165) is 57.8 Å². The van der Waals surface area contributed by atoms with Gasteiger partial charge >= 0.3 is 11.9 Å². The molecule has 0 aromatic carbocycles. The van der Waals surface area contributed by atoms with E-state index in [9.17, 15) is 30.0 Å². The monoisotopic (exact) mass is 769 g/mol. The maximum atomic E-state index is 12.7. The zero-order valence-electron chi connectivity index (χ0n) is 34.2. The maximum Gasteiger partial charge on any atom is 0.306 e. The molecule has 54 heavy (non-hydrogen) atoms. The number of carbonyl (C=O) groups excluding carboxylic acids is 2. The second-order valence-corrected chi connectivity index (χ2v) is 15.2. The predicted molar refractivity (Wildman–Crippen MR) is 215 cm³/mol. The van der Waals surface area contributed by atoms with Gasteiger partial charge in [-0.2, -0.15) is 0 Å². The number of allylic oxidation sites excluding steroid dienone is 4. The molecular weight excluding hydrogens is 688 g/mol. The molecule has 1 fully saturated rings. The summed E-state index contributed by atoms with van der Waals surface area (Å²) in [6, 6.07) is 0. The molecule has 2 unspecified atom stereocenters. The molecule has 6 atom stereocenters. The summed E-state index contributed by atoms with van der Waals surface area (Å²) in [4.78, 5) is 25.3. The van der Waals surface area contributed by atoms with Crippen LogP contribution in [0, 0.1) is 0 Å². The van der Waals surface area contributed by atoms with Crippen molar-refractivity contribution in [2.75, 3.05) is 19.8 Å². The number of carbonyl (C=O) groups is 2. The van der Waals surface area contributed by atoms with E-state index in [1.54, 1.807) is 0 Å². The van der Waals surface area contributed by atoms with Crippen LogP contribution in [0.4, 0.5) is 0 Å². The third-order valence-corrected chi connectivity index (χ3v) is 10.1. The van der Waals surface area contributed by atoms with Crippen molar-refractivity contribution in [3.8, 4) is 0 Å². The molecule has 1 aliphatic heterocycles. The Labute approximate surface area is 328 Å². The summed E-state index contributed by atoms with van der Waals surface area (Å²) < 4.78 is 22.1. The van der Waals surface area contributed by atoms with Crippen LogP contribution in [0.2, 0.25) is 0 Å². The van der Waals surface area contributed by atoms with Crippen LogP contribution in [-0.2, 0) is 28.5 Å². The zero-order valence-corrected chi connectivity index (χ0v) is 34.2. The molecule has 0 radical (unpaired) electrons.